The summed E-state index contributed by atoms with van der Waals surface area (Å²) in [6, 6.07) is 5.67. The number of fused-ring (bicyclic) bond motifs is 1. The molecule has 2 aromatic rings. The third-order valence-electron chi connectivity index (χ3n) is 4.79. The first-order valence-electron chi connectivity index (χ1n) is 8.24. The monoisotopic (exact) mass is 315 g/mol. The molecule has 0 spiro atoms. The Kier molecular flexibility index (Phi) is 4.15. The average Bonchev–Trinajstić information content (AvgIpc) is 2.97. The maximum absolute atomic E-state index is 12.6. The zero-order chi connectivity index (χ0) is 16.6. The SMILES string of the molecule is CC(C)COC1CC(NC(=O)c2cccn3nccc23)C1(C)C. The van der Waals surface area contributed by atoms with Crippen molar-refractivity contribution in [3.63, 3.8) is 0 Å². The van der Waals surface area contributed by atoms with Crippen molar-refractivity contribution in [2.45, 2.75) is 46.3 Å². The molecule has 1 N–H and O–H groups in total. The normalized spacial score (nSPS) is 23.0. The topological polar surface area (TPSA) is 55.6 Å². The second kappa shape index (κ2) is 5.96. The Morgan fingerprint density at radius 1 is 1.48 bits per heavy atom. The van der Waals surface area contributed by atoms with Crippen molar-refractivity contribution in [3.8, 4) is 0 Å². The van der Waals surface area contributed by atoms with Crippen LogP contribution in [0.4, 0.5) is 0 Å². The maximum atomic E-state index is 12.6. The molecule has 2 atom stereocenters. The van der Waals surface area contributed by atoms with Crippen molar-refractivity contribution in [2.75, 3.05) is 6.61 Å². The lowest BCUT2D eigenvalue weighted by molar-refractivity contribution is -0.120. The summed E-state index contributed by atoms with van der Waals surface area (Å²) in [6.07, 6.45) is 4.62. The lowest BCUT2D eigenvalue weighted by Crippen LogP contribution is -2.62. The van der Waals surface area contributed by atoms with Crippen LogP contribution in [-0.4, -0.2) is 34.3 Å². The first-order valence-corrected chi connectivity index (χ1v) is 8.24. The zero-order valence-electron chi connectivity index (χ0n) is 14.2. The van der Waals surface area contributed by atoms with Crippen molar-refractivity contribution in [1.82, 2.24) is 14.9 Å². The summed E-state index contributed by atoms with van der Waals surface area (Å²) in [5.41, 5.74) is 1.44. The molecule has 1 saturated carbocycles. The molecule has 124 valence electrons. The largest absolute Gasteiger partial charge is 0.377 e. The molecule has 2 aromatic heterocycles. The Hall–Kier alpha value is -1.88. The van der Waals surface area contributed by atoms with Crippen LogP contribution in [0.2, 0.25) is 0 Å². The van der Waals surface area contributed by atoms with Crippen LogP contribution in [0, 0.1) is 11.3 Å². The predicted molar refractivity (Wildman–Crippen MR) is 89.4 cm³/mol. The minimum absolute atomic E-state index is 0.0449. The summed E-state index contributed by atoms with van der Waals surface area (Å²) in [7, 11) is 0. The lowest BCUT2D eigenvalue weighted by Gasteiger charge is -2.51. The maximum Gasteiger partial charge on any atom is 0.253 e. The summed E-state index contributed by atoms with van der Waals surface area (Å²) in [6.45, 7) is 9.38. The smallest absolute Gasteiger partial charge is 0.253 e. The third kappa shape index (κ3) is 2.98. The highest BCUT2D eigenvalue weighted by atomic mass is 16.5. The number of ether oxygens (including phenoxy) is 1. The van der Waals surface area contributed by atoms with Crippen LogP contribution in [-0.2, 0) is 4.74 Å². The molecule has 0 radical (unpaired) electrons. The highest BCUT2D eigenvalue weighted by Gasteiger charge is 2.49. The van der Waals surface area contributed by atoms with Gasteiger partial charge in [0, 0.05) is 24.3 Å². The predicted octanol–water partition coefficient (Wildman–Crippen LogP) is 2.90. The van der Waals surface area contributed by atoms with Gasteiger partial charge >= 0.3 is 0 Å². The first kappa shape index (κ1) is 16.0. The summed E-state index contributed by atoms with van der Waals surface area (Å²) in [5, 5.41) is 7.34. The molecule has 1 aliphatic carbocycles. The van der Waals surface area contributed by atoms with E-state index in [4.69, 9.17) is 4.74 Å². The van der Waals surface area contributed by atoms with Crippen LogP contribution in [0.3, 0.4) is 0 Å². The van der Waals surface area contributed by atoms with Gasteiger partial charge in [0.1, 0.15) is 0 Å². The number of nitrogens with one attached hydrogen (secondary N) is 1. The minimum atomic E-state index is -0.0458. The van der Waals surface area contributed by atoms with Crippen molar-refractivity contribution >= 4 is 11.4 Å². The summed E-state index contributed by atoms with van der Waals surface area (Å²) < 4.78 is 7.68. The van der Waals surface area contributed by atoms with E-state index in [0.717, 1.165) is 18.5 Å². The summed E-state index contributed by atoms with van der Waals surface area (Å²) in [5.74, 6) is 0.482. The van der Waals surface area contributed by atoms with Gasteiger partial charge in [-0.3, -0.25) is 4.79 Å². The van der Waals surface area contributed by atoms with Crippen molar-refractivity contribution in [3.05, 3.63) is 36.2 Å². The van der Waals surface area contributed by atoms with E-state index in [0.29, 0.717) is 11.5 Å². The van der Waals surface area contributed by atoms with E-state index in [1.807, 2.05) is 24.4 Å². The standard InChI is InChI=1S/C18H25N3O2/c1-12(2)11-23-16-10-15(18(16,3)4)20-17(22)13-6-5-9-21-14(13)7-8-19-21/h5-9,12,15-16H,10-11H2,1-4H3,(H,20,22). The van der Waals surface area contributed by atoms with Gasteiger partial charge < -0.3 is 10.1 Å². The molecule has 1 aliphatic rings. The van der Waals surface area contributed by atoms with E-state index in [2.05, 4.69) is 38.1 Å². The molecule has 5 nitrogen and oxygen atoms in total. The van der Waals surface area contributed by atoms with Crippen molar-refractivity contribution in [2.24, 2.45) is 11.3 Å². The number of hydrogen-bond donors (Lipinski definition) is 1. The van der Waals surface area contributed by atoms with Gasteiger partial charge in [0.05, 0.1) is 23.4 Å². The van der Waals surface area contributed by atoms with Gasteiger partial charge in [0.25, 0.3) is 5.91 Å². The zero-order valence-corrected chi connectivity index (χ0v) is 14.2. The van der Waals surface area contributed by atoms with E-state index in [1.165, 1.54) is 0 Å². The molecule has 1 amide bonds. The highest BCUT2D eigenvalue weighted by Crippen LogP contribution is 2.43. The van der Waals surface area contributed by atoms with Crippen LogP contribution >= 0.6 is 0 Å². The molecule has 1 fully saturated rings. The fourth-order valence-electron chi connectivity index (χ4n) is 3.10. The number of nitrogens with zero attached hydrogens (tertiary/aromatic N) is 2. The van der Waals surface area contributed by atoms with Gasteiger partial charge in [-0.05, 0) is 30.5 Å². The van der Waals surface area contributed by atoms with Gasteiger partial charge in [-0.15, -0.1) is 0 Å². The van der Waals surface area contributed by atoms with Crippen molar-refractivity contribution < 1.29 is 9.53 Å². The Morgan fingerprint density at radius 2 is 2.26 bits per heavy atom. The van der Waals surface area contributed by atoms with Crippen LogP contribution in [0.1, 0.15) is 44.5 Å². The van der Waals surface area contributed by atoms with Crippen LogP contribution < -0.4 is 5.32 Å². The number of amides is 1. The molecule has 0 aliphatic heterocycles. The second-order valence-corrected chi connectivity index (χ2v) is 7.38. The Balaban J connectivity index is 1.66. The summed E-state index contributed by atoms with van der Waals surface area (Å²) >= 11 is 0. The number of pyridine rings is 1. The Bertz CT molecular complexity index is 705. The van der Waals surface area contributed by atoms with E-state index in [9.17, 15) is 4.79 Å². The number of carbonyl (C=O) groups excluding carboxylic acids is 1. The second-order valence-electron chi connectivity index (χ2n) is 7.38. The number of rotatable bonds is 5. The minimum Gasteiger partial charge on any atom is -0.377 e. The van der Waals surface area contributed by atoms with E-state index in [-0.39, 0.29) is 23.5 Å². The number of aromatic nitrogens is 2. The highest BCUT2D eigenvalue weighted by molar-refractivity contribution is 6.00. The molecular weight excluding hydrogens is 290 g/mol. The van der Waals surface area contributed by atoms with Crippen molar-refractivity contribution in [1.29, 1.82) is 0 Å². The van der Waals surface area contributed by atoms with Crippen LogP contribution in [0.25, 0.3) is 5.52 Å². The number of hydrogen-bond acceptors (Lipinski definition) is 3. The van der Waals surface area contributed by atoms with Gasteiger partial charge in [0.15, 0.2) is 0 Å². The van der Waals surface area contributed by atoms with Gasteiger partial charge in [0.2, 0.25) is 0 Å². The fraction of sp³-hybridized carbons (Fsp3) is 0.556. The van der Waals surface area contributed by atoms with Gasteiger partial charge in [-0.25, -0.2) is 4.52 Å². The van der Waals surface area contributed by atoms with E-state index in [1.54, 1.807) is 10.7 Å². The molecule has 3 rings (SSSR count). The third-order valence-corrected chi connectivity index (χ3v) is 4.79. The van der Waals surface area contributed by atoms with Gasteiger partial charge in [-0.1, -0.05) is 27.7 Å². The Labute approximate surface area is 137 Å². The number of carbonyl (C=O) groups is 1. The fourth-order valence-corrected chi connectivity index (χ4v) is 3.10. The molecule has 5 heteroatoms. The van der Waals surface area contributed by atoms with E-state index < -0.39 is 0 Å². The molecule has 0 bridgehead atoms. The quantitative estimate of drug-likeness (QED) is 0.923. The molecule has 0 aromatic carbocycles. The molecule has 2 heterocycles. The Morgan fingerprint density at radius 3 is 2.96 bits per heavy atom. The molecule has 23 heavy (non-hydrogen) atoms. The molecule has 2 unspecified atom stereocenters. The average molecular weight is 315 g/mol. The molecule has 0 saturated heterocycles. The van der Waals surface area contributed by atoms with Crippen LogP contribution in [0.5, 0.6) is 0 Å². The molecular formula is C18H25N3O2. The van der Waals surface area contributed by atoms with Gasteiger partial charge in [-0.2, -0.15) is 5.10 Å². The first-order chi connectivity index (χ1) is 10.9. The summed E-state index contributed by atoms with van der Waals surface area (Å²) in [4.78, 5) is 12.6. The van der Waals surface area contributed by atoms with Crippen LogP contribution in [0.15, 0.2) is 30.6 Å². The van der Waals surface area contributed by atoms with E-state index >= 15 is 0 Å². The lowest BCUT2D eigenvalue weighted by atomic mass is 9.64.